The molecule has 0 N–H and O–H groups in total. The molecule has 1 rings (SSSR count). The number of hydrogen-bond acceptors (Lipinski definition) is 2. The van der Waals surface area contributed by atoms with Gasteiger partial charge in [-0.1, -0.05) is 0 Å². The van der Waals surface area contributed by atoms with Crippen LogP contribution in [0.5, 0.6) is 0 Å². The third-order valence-corrected chi connectivity index (χ3v) is 4.39. The summed E-state index contributed by atoms with van der Waals surface area (Å²) in [5.41, 5.74) is 0. The average molecular weight is 189 g/mol. The first-order chi connectivity index (χ1) is 5.52. The Hall–Kier alpha value is 0.110. The van der Waals surface area contributed by atoms with Crippen molar-refractivity contribution in [2.75, 3.05) is 13.1 Å². The van der Waals surface area contributed by atoms with Gasteiger partial charge in [0.2, 0.25) is 0 Å². The smallest absolute Gasteiger partial charge is 0.0450 e. The molecule has 0 saturated carbocycles. The molecule has 1 aliphatic rings. The highest BCUT2D eigenvalue weighted by Crippen LogP contribution is 2.16. The molecule has 0 spiro atoms. The Bertz CT molecular complexity index is 167. The van der Waals surface area contributed by atoms with E-state index in [1.807, 2.05) is 0 Å². The van der Waals surface area contributed by atoms with Crippen LogP contribution in [-0.2, 0) is 10.8 Å². The van der Waals surface area contributed by atoms with E-state index in [4.69, 9.17) is 0 Å². The zero-order valence-electron chi connectivity index (χ0n) is 8.41. The molecule has 12 heavy (non-hydrogen) atoms. The van der Waals surface area contributed by atoms with Crippen LogP contribution >= 0.6 is 0 Å². The molecule has 72 valence electrons. The van der Waals surface area contributed by atoms with Gasteiger partial charge in [-0.3, -0.25) is 9.11 Å². The van der Waals surface area contributed by atoms with Crippen molar-refractivity contribution in [3.05, 3.63) is 0 Å². The van der Waals surface area contributed by atoms with E-state index in [-0.39, 0.29) is 0 Å². The fourth-order valence-electron chi connectivity index (χ4n) is 1.70. The molecule has 3 atom stereocenters. The third-order valence-electron chi connectivity index (χ3n) is 2.51. The van der Waals surface area contributed by atoms with Crippen LogP contribution in [-0.4, -0.2) is 38.7 Å². The van der Waals surface area contributed by atoms with Gasteiger partial charge in [0.25, 0.3) is 0 Å². The van der Waals surface area contributed by atoms with Crippen molar-refractivity contribution in [1.82, 2.24) is 4.90 Å². The van der Waals surface area contributed by atoms with E-state index in [9.17, 15) is 4.21 Å². The van der Waals surface area contributed by atoms with E-state index >= 15 is 0 Å². The lowest BCUT2D eigenvalue weighted by atomic mass is 10.2. The molecule has 0 bridgehead atoms. The summed E-state index contributed by atoms with van der Waals surface area (Å²) in [5.74, 6) is 0. The Balaban J connectivity index is 2.59. The fourth-order valence-corrected chi connectivity index (χ4v) is 3.17. The van der Waals surface area contributed by atoms with Crippen molar-refractivity contribution < 1.29 is 4.21 Å². The minimum Gasteiger partial charge on any atom is -0.299 e. The van der Waals surface area contributed by atoms with Crippen molar-refractivity contribution in [3.63, 3.8) is 0 Å². The molecule has 1 saturated heterocycles. The Kier molecular flexibility index (Phi) is 3.29. The van der Waals surface area contributed by atoms with Gasteiger partial charge in [0.05, 0.1) is 0 Å². The number of rotatable bonds is 1. The van der Waals surface area contributed by atoms with Crippen molar-refractivity contribution in [3.8, 4) is 0 Å². The zero-order chi connectivity index (χ0) is 9.30. The first kappa shape index (κ1) is 10.2. The Morgan fingerprint density at radius 3 is 2.00 bits per heavy atom. The summed E-state index contributed by atoms with van der Waals surface area (Å²) in [5, 5.41) is 0.687. The van der Waals surface area contributed by atoms with Gasteiger partial charge in [0.1, 0.15) is 0 Å². The van der Waals surface area contributed by atoms with Gasteiger partial charge in [-0.15, -0.1) is 0 Å². The Labute approximate surface area is 77.8 Å². The van der Waals surface area contributed by atoms with Crippen LogP contribution in [0.3, 0.4) is 0 Å². The molecule has 1 aliphatic heterocycles. The molecule has 2 unspecified atom stereocenters. The van der Waals surface area contributed by atoms with Gasteiger partial charge in [0.15, 0.2) is 0 Å². The maximum Gasteiger partial charge on any atom is 0.0450 e. The maximum absolute atomic E-state index is 11.6. The van der Waals surface area contributed by atoms with Crippen LogP contribution in [0.15, 0.2) is 0 Å². The van der Waals surface area contributed by atoms with Crippen molar-refractivity contribution in [2.45, 2.75) is 44.2 Å². The molecule has 2 nitrogen and oxygen atoms in total. The van der Waals surface area contributed by atoms with Crippen molar-refractivity contribution in [1.29, 1.82) is 0 Å². The molecule has 0 aromatic heterocycles. The zero-order valence-corrected chi connectivity index (χ0v) is 9.23. The van der Waals surface area contributed by atoms with E-state index in [2.05, 4.69) is 32.6 Å². The van der Waals surface area contributed by atoms with Crippen LogP contribution in [0.1, 0.15) is 27.7 Å². The van der Waals surface area contributed by atoms with E-state index in [0.717, 1.165) is 13.1 Å². The Morgan fingerprint density at radius 2 is 1.67 bits per heavy atom. The third kappa shape index (κ3) is 2.07. The van der Waals surface area contributed by atoms with Crippen LogP contribution in [0.2, 0.25) is 0 Å². The summed E-state index contributed by atoms with van der Waals surface area (Å²) in [7, 11) is -0.609. The minimum atomic E-state index is -0.609. The van der Waals surface area contributed by atoms with Gasteiger partial charge in [-0.05, 0) is 27.7 Å². The largest absolute Gasteiger partial charge is 0.299 e. The quantitative estimate of drug-likeness (QED) is 0.618. The van der Waals surface area contributed by atoms with Gasteiger partial charge >= 0.3 is 0 Å². The highest BCUT2D eigenvalue weighted by atomic mass is 32.2. The molecule has 0 aliphatic carbocycles. The molecular weight excluding hydrogens is 170 g/mol. The van der Waals surface area contributed by atoms with Crippen LogP contribution in [0.25, 0.3) is 0 Å². The second-order valence-electron chi connectivity index (χ2n) is 4.00. The van der Waals surface area contributed by atoms with Crippen LogP contribution < -0.4 is 0 Å². The SMILES string of the molecule is CC(C)N1CC(C)S(=O)[C@@H](C)C1. The van der Waals surface area contributed by atoms with E-state index in [1.54, 1.807) is 0 Å². The highest BCUT2D eigenvalue weighted by Gasteiger charge is 2.29. The van der Waals surface area contributed by atoms with E-state index < -0.39 is 10.8 Å². The summed E-state index contributed by atoms with van der Waals surface area (Å²) in [6.07, 6.45) is 0. The topological polar surface area (TPSA) is 20.3 Å². The summed E-state index contributed by atoms with van der Waals surface area (Å²) in [4.78, 5) is 2.41. The molecule has 0 aromatic rings. The van der Waals surface area contributed by atoms with Crippen LogP contribution in [0, 0.1) is 0 Å². The van der Waals surface area contributed by atoms with E-state index in [0.29, 0.717) is 16.5 Å². The molecule has 1 fully saturated rings. The second-order valence-corrected chi connectivity index (χ2v) is 6.26. The summed E-state index contributed by atoms with van der Waals surface area (Å²) < 4.78 is 11.6. The first-order valence-electron chi connectivity index (χ1n) is 4.65. The lowest BCUT2D eigenvalue weighted by molar-refractivity contribution is 0.216. The molecule has 0 radical (unpaired) electrons. The average Bonchev–Trinajstić information content (AvgIpc) is 1.99. The standard InChI is InChI=1S/C9H19NOS/c1-7(2)10-5-8(3)12(11)9(4)6-10/h7-9H,5-6H2,1-4H3/t8-,9?,12?/m0/s1. The van der Waals surface area contributed by atoms with Gasteiger partial charge in [-0.25, -0.2) is 0 Å². The minimum absolute atomic E-state index is 0.344. The summed E-state index contributed by atoms with van der Waals surface area (Å²) in [6.45, 7) is 10.6. The van der Waals surface area contributed by atoms with Crippen molar-refractivity contribution >= 4 is 10.8 Å². The summed E-state index contributed by atoms with van der Waals surface area (Å²) >= 11 is 0. The predicted molar refractivity (Wildman–Crippen MR) is 53.8 cm³/mol. The first-order valence-corrected chi connectivity index (χ1v) is 5.93. The van der Waals surface area contributed by atoms with Crippen LogP contribution in [0.4, 0.5) is 0 Å². The lowest BCUT2D eigenvalue weighted by Crippen LogP contribution is -2.49. The molecule has 0 aromatic carbocycles. The Morgan fingerprint density at radius 1 is 1.25 bits per heavy atom. The van der Waals surface area contributed by atoms with E-state index in [1.165, 1.54) is 0 Å². The molecular formula is C9H19NOS. The number of nitrogens with zero attached hydrogens (tertiary/aromatic N) is 1. The number of hydrogen-bond donors (Lipinski definition) is 0. The molecule has 1 heterocycles. The molecule has 0 amide bonds. The highest BCUT2D eigenvalue weighted by molar-refractivity contribution is 7.86. The molecule has 3 heteroatoms. The monoisotopic (exact) mass is 189 g/mol. The fraction of sp³-hybridized carbons (Fsp3) is 1.00. The normalized spacial score (nSPS) is 38.9. The second kappa shape index (κ2) is 3.88. The predicted octanol–water partition coefficient (Wildman–Crippen LogP) is 1.24. The van der Waals surface area contributed by atoms with Gasteiger partial charge < -0.3 is 0 Å². The summed E-state index contributed by atoms with van der Waals surface area (Å²) in [6, 6.07) is 0.590. The lowest BCUT2D eigenvalue weighted by Gasteiger charge is -2.36. The van der Waals surface area contributed by atoms with Crippen molar-refractivity contribution in [2.24, 2.45) is 0 Å². The van der Waals surface area contributed by atoms with Gasteiger partial charge in [-0.2, -0.15) is 0 Å². The van der Waals surface area contributed by atoms with Gasteiger partial charge in [0, 0.05) is 40.4 Å². The maximum atomic E-state index is 11.6.